The van der Waals surface area contributed by atoms with Crippen LogP contribution >= 0.6 is 15.9 Å². The van der Waals surface area contributed by atoms with Crippen molar-refractivity contribution in [1.29, 1.82) is 0 Å². The van der Waals surface area contributed by atoms with Gasteiger partial charge in [0, 0.05) is 38.8 Å². The maximum absolute atomic E-state index is 12.5. The van der Waals surface area contributed by atoms with Crippen LogP contribution in [0.2, 0.25) is 0 Å². The molecule has 1 aromatic heterocycles. The van der Waals surface area contributed by atoms with Gasteiger partial charge in [0.15, 0.2) is 0 Å². The monoisotopic (exact) mass is 339 g/mol. The molecular weight excluding hydrogens is 322 g/mol. The summed E-state index contributed by atoms with van der Waals surface area (Å²) in [5.41, 5.74) is 0.572. The van der Waals surface area contributed by atoms with E-state index in [9.17, 15) is 9.59 Å². The second-order valence-electron chi connectivity index (χ2n) is 4.72. The Hall–Kier alpha value is -1.43. The van der Waals surface area contributed by atoms with Crippen LogP contribution in [0.5, 0.6) is 0 Å². The fourth-order valence-corrected chi connectivity index (χ4v) is 2.73. The van der Waals surface area contributed by atoms with Crippen molar-refractivity contribution >= 4 is 27.7 Å². The van der Waals surface area contributed by atoms with E-state index in [2.05, 4.69) is 20.9 Å². The van der Waals surface area contributed by atoms with Crippen LogP contribution in [0, 0.1) is 0 Å². The normalized spacial score (nSPS) is 15.9. The molecule has 0 aromatic carbocycles. The van der Waals surface area contributed by atoms with Gasteiger partial charge in [0.25, 0.3) is 5.91 Å². The first-order valence-corrected chi connectivity index (χ1v) is 7.60. The highest BCUT2D eigenvalue weighted by atomic mass is 79.9. The van der Waals surface area contributed by atoms with Crippen LogP contribution in [0.3, 0.4) is 0 Å². The lowest BCUT2D eigenvalue weighted by Gasteiger charge is -2.22. The van der Waals surface area contributed by atoms with E-state index in [1.54, 1.807) is 23.2 Å². The highest BCUT2D eigenvalue weighted by Crippen LogP contribution is 2.16. The molecule has 1 aliphatic rings. The summed E-state index contributed by atoms with van der Waals surface area (Å²) in [6.07, 6.45) is 2.97. The van der Waals surface area contributed by atoms with Gasteiger partial charge in [-0.15, -0.1) is 0 Å². The molecule has 2 rings (SSSR count). The van der Waals surface area contributed by atoms with Gasteiger partial charge in [-0.1, -0.05) is 6.92 Å². The van der Waals surface area contributed by atoms with Gasteiger partial charge in [-0.05, 0) is 34.5 Å². The van der Waals surface area contributed by atoms with E-state index in [1.165, 1.54) is 0 Å². The zero-order valence-corrected chi connectivity index (χ0v) is 13.1. The van der Waals surface area contributed by atoms with Crippen LogP contribution < -0.4 is 0 Å². The minimum absolute atomic E-state index is 0.0317. The number of carbonyl (C=O) groups excluding carboxylic acids is 2. The lowest BCUT2D eigenvalue weighted by molar-refractivity contribution is -0.130. The molecule has 0 N–H and O–H groups in total. The van der Waals surface area contributed by atoms with Crippen molar-refractivity contribution in [1.82, 2.24) is 14.8 Å². The predicted octanol–water partition coefficient (Wildman–Crippen LogP) is 1.93. The Balaban J connectivity index is 2.05. The van der Waals surface area contributed by atoms with Crippen LogP contribution in [0.1, 0.15) is 30.1 Å². The summed E-state index contributed by atoms with van der Waals surface area (Å²) in [6.45, 7) is 4.45. The van der Waals surface area contributed by atoms with Crippen LogP contribution in [-0.2, 0) is 4.79 Å². The summed E-state index contributed by atoms with van der Waals surface area (Å²) in [4.78, 5) is 31.9. The smallest absolute Gasteiger partial charge is 0.256 e. The number of carbonyl (C=O) groups is 2. The number of rotatable bonds is 2. The molecule has 2 amide bonds. The SMILES string of the molecule is CCC(=O)N1CCCN(C(=O)c2cccnc2Br)CC1. The molecule has 20 heavy (non-hydrogen) atoms. The fraction of sp³-hybridized carbons (Fsp3) is 0.500. The van der Waals surface area contributed by atoms with E-state index in [0.29, 0.717) is 36.2 Å². The minimum Gasteiger partial charge on any atom is -0.341 e. The number of nitrogens with zero attached hydrogens (tertiary/aromatic N) is 3. The molecule has 1 aliphatic heterocycles. The maximum Gasteiger partial charge on any atom is 0.256 e. The van der Waals surface area contributed by atoms with Gasteiger partial charge in [0.1, 0.15) is 4.60 Å². The number of pyridine rings is 1. The summed E-state index contributed by atoms with van der Waals surface area (Å²) in [6, 6.07) is 3.52. The zero-order valence-electron chi connectivity index (χ0n) is 11.5. The van der Waals surface area contributed by atoms with Crippen molar-refractivity contribution in [2.75, 3.05) is 26.2 Å². The molecule has 2 heterocycles. The third-order valence-electron chi connectivity index (χ3n) is 3.43. The van der Waals surface area contributed by atoms with Crippen molar-refractivity contribution in [2.24, 2.45) is 0 Å². The Morgan fingerprint density at radius 1 is 1.25 bits per heavy atom. The molecule has 0 bridgehead atoms. The fourth-order valence-electron chi connectivity index (χ4n) is 2.31. The van der Waals surface area contributed by atoms with Crippen molar-refractivity contribution in [3.63, 3.8) is 0 Å². The lowest BCUT2D eigenvalue weighted by Crippen LogP contribution is -2.37. The number of aromatic nitrogens is 1. The van der Waals surface area contributed by atoms with Crippen molar-refractivity contribution < 1.29 is 9.59 Å². The molecular formula is C14H18BrN3O2. The molecule has 1 aromatic rings. The van der Waals surface area contributed by atoms with E-state index >= 15 is 0 Å². The number of amides is 2. The summed E-state index contributed by atoms with van der Waals surface area (Å²) in [5.74, 6) is 0.123. The Kier molecular flexibility index (Phi) is 5.11. The molecule has 0 unspecified atom stereocenters. The summed E-state index contributed by atoms with van der Waals surface area (Å²) in [7, 11) is 0. The Morgan fingerprint density at radius 2 is 1.95 bits per heavy atom. The first-order chi connectivity index (χ1) is 9.63. The molecule has 108 valence electrons. The third-order valence-corrected chi connectivity index (χ3v) is 4.06. The quantitative estimate of drug-likeness (QED) is 0.773. The molecule has 0 saturated carbocycles. The highest BCUT2D eigenvalue weighted by Gasteiger charge is 2.23. The molecule has 0 spiro atoms. The first-order valence-electron chi connectivity index (χ1n) is 6.81. The Morgan fingerprint density at radius 3 is 2.65 bits per heavy atom. The van der Waals surface area contributed by atoms with Gasteiger partial charge < -0.3 is 9.80 Å². The second-order valence-corrected chi connectivity index (χ2v) is 5.47. The molecule has 1 saturated heterocycles. The van der Waals surface area contributed by atoms with Crippen LogP contribution in [0.25, 0.3) is 0 Å². The van der Waals surface area contributed by atoms with E-state index < -0.39 is 0 Å². The average molecular weight is 340 g/mol. The Labute approximate surface area is 127 Å². The molecule has 0 atom stereocenters. The lowest BCUT2D eigenvalue weighted by atomic mass is 10.2. The Bertz CT molecular complexity index is 507. The van der Waals surface area contributed by atoms with E-state index in [0.717, 1.165) is 13.0 Å². The van der Waals surface area contributed by atoms with Crippen LogP contribution in [0.4, 0.5) is 0 Å². The van der Waals surface area contributed by atoms with Crippen LogP contribution in [0.15, 0.2) is 22.9 Å². The van der Waals surface area contributed by atoms with Gasteiger partial charge in [-0.3, -0.25) is 9.59 Å². The standard InChI is InChI=1S/C14H18BrN3O2/c1-2-12(19)17-7-4-8-18(10-9-17)14(20)11-5-3-6-16-13(11)15/h3,5-6H,2,4,7-10H2,1H3. The largest absolute Gasteiger partial charge is 0.341 e. The maximum atomic E-state index is 12.5. The summed E-state index contributed by atoms with van der Waals surface area (Å²) < 4.78 is 0.565. The minimum atomic E-state index is -0.0317. The number of hydrogen-bond acceptors (Lipinski definition) is 3. The highest BCUT2D eigenvalue weighted by molar-refractivity contribution is 9.10. The predicted molar refractivity (Wildman–Crippen MR) is 79.3 cm³/mol. The van der Waals surface area contributed by atoms with Gasteiger partial charge in [-0.2, -0.15) is 0 Å². The number of halogens is 1. The first kappa shape index (κ1) is 15.0. The molecule has 1 fully saturated rings. The molecule has 0 radical (unpaired) electrons. The molecule has 0 aliphatic carbocycles. The van der Waals surface area contributed by atoms with Gasteiger partial charge in [0.05, 0.1) is 5.56 Å². The van der Waals surface area contributed by atoms with Crippen molar-refractivity contribution in [2.45, 2.75) is 19.8 Å². The van der Waals surface area contributed by atoms with Crippen molar-refractivity contribution in [3.05, 3.63) is 28.5 Å². The van der Waals surface area contributed by atoms with Crippen LogP contribution in [-0.4, -0.2) is 52.8 Å². The third kappa shape index (κ3) is 3.36. The topological polar surface area (TPSA) is 53.5 Å². The van der Waals surface area contributed by atoms with E-state index in [-0.39, 0.29) is 11.8 Å². The zero-order chi connectivity index (χ0) is 14.5. The van der Waals surface area contributed by atoms with E-state index in [1.807, 2.05) is 11.8 Å². The number of hydrogen-bond donors (Lipinski definition) is 0. The average Bonchev–Trinajstić information content (AvgIpc) is 2.72. The summed E-state index contributed by atoms with van der Waals surface area (Å²) in [5, 5.41) is 0. The van der Waals surface area contributed by atoms with Crippen molar-refractivity contribution in [3.8, 4) is 0 Å². The second kappa shape index (κ2) is 6.83. The van der Waals surface area contributed by atoms with Gasteiger partial charge in [-0.25, -0.2) is 4.98 Å². The summed E-state index contributed by atoms with van der Waals surface area (Å²) >= 11 is 3.31. The van der Waals surface area contributed by atoms with E-state index in [4.69, 9.17) is 0 Å². The van der Waals surface area contributed by atoms with Gasteiger partial charge in [0.2, 0.25) is 5.91 Å². The molecule has 5 nitrogen and oxygen atoms in total. The van der Waals surface area contributed by atoms with Gasteiger partial charge >= 0.3 is 0 Å². The molecule has 6 heteroatoms.